The van der Waals surface area contributed by atoms with Crippen molar-refractivity contribution in [1.82, 2.24) is 9.66 Å². The molecule has 2 heterocycles. The van der Waals surface area contributed by atoms with Crippen molar-refractivity contribution >= 4 is 16.7 Å². The molecule has 3 N–H and O–H groups in total. The Morgan fingerprint density at radius 3 is 2.79 bits per heavy atom. The number of aromatic nitrogens is 2. The Morgan fingerprint density at radius 2 is 2.04 bits per heavy atom. The number of nitrogens with one attached hydrogen (secondary N) is 1. The average Bonchev–Trinajstić information content (AvgIpc) is 2.97. The molecule has 0 bridgehead atoms. The predicted octanol–water partition coefficient (Wildman–Crippen LogP) is 2.61. The largest absolute Gasteiger partial charge is 0.487 e. The molecule has 0 aliphatic heterocycles. The molecule has 7 heteroatoms. The summed E-state index contributed by atoms with van der Waals surface area (Å²) in [6.07, 6.45) is 3.55. The first-order valence-corrected chi connectivity index (χ1v) is 7.55. The van der Waals surface area contributed by atoms with Gasteiger partial charge in [-0.1, -0.05) is 0 Å². The Hall–Kier alpha value is -2.93. The van der Waals surface area contributed by atoms with Gasteiger partial charge in [0.15, 0.2) is 11.5 Å². The number of pyridine rings is 1. The summed E-state index contributed by atoms with van der Waals surface area (Å²) in [4.78, 5) is 3.97. The predicted molar refractivity (Wildman–Crippen MR) is 93.3 cm³/mol. The minimum absolute atomic E-state index is 0.400. The molecule has 3 rings (SSSR count). The number of rotatable bonds is 7. The van der Waals surface area contributed by atoms with E-state index >= 15 is 0 Å². The Morgan fingerprint density at radius 1 is 1.17 bits per heavy atom. The van der Waals surface area contributed by atoms with Crippen molar-refractivity contribution in [2.45, 2.75) is 0 Å². The van der Waals surface area contributed by atoms with Gasteiger partial charge in [-0.15, -0.1) is 0 Å². The highest BCUT2D eigenvalue weighted by atomic mass is 16.5. The normalized spacial score (nSPS) is 10.8. The quantitative estimate of drug-likeness (QED) is 0.649. The van der Waals surface area contributed by atoms with Crippen LogP contribution in [0.4, 0.5) is 5.82 Å². The number of nitrogens with two attached hydrogens (primary N) is 1. The van der Waals surface area contributed by atoms with E-state index in [9.17, 15) is 0 Å². The minimum Gasteiger partial charge on any atom is -0.487 e. The van der Waals surface area contributed by atoms with Crippen LogP contribution in [0.25, 0.3) is 10.9 Å². The van der Waals surface area contributed by atoms with Gasteiger partial charge in [-0.25, -0.2) is 4.98 Å². The molecular formula is C17H20N4O3. The first-order chi connectivity index (χ1) is 11.7. The van der Waals surface area contributed by atoms with E-state index in [1.54, 1.807) is 25.4 Å². The number of hydrogen-bond acceptors (Lipinski definition) is 6. The van der Waals surface area contributed by atoms with Gasteiger partial charge in [0.2, 0.25) is 0 Å². The number of benzene rings is 1. The number of anilines is 1. The van der Waals surface area contributed by atoms with E-state index in [1.807, 2.05) is 36.1 Å². The topological polar surface area (TPSA) is 83.6 Å². The molecule has 2 aromatic heterocycles. The number of hydrogen-bond donors (Lipinski definition) is 2. The van der Waals surface area contributed by atoms with Crippen LogP contribution < -0.4 is 20.6 Å². The fourth-order valence-corrected chi connectivity index (χ4v) is 2.38. The molecule has 1 aromatic carbocycles. The zero-order valence-corrected chi connectivity index (χ0v) is 13.7. The van der Waals surface area contributed by atoms with Crippen molar-refractivity contribution < 1.29 is 14.2 Å². The van der Waals surface area contributed by atoms with E-state index in [2.05, 4.69) is 10.4 Å². The van der Waals surface area contributed by atoms with Crippen LogP contribution >= 0.6 is 0 Å². The molecule has 24 heavy (non-hydrogen) atoms. The molecule has 0 amide bonds. The van der Waals surface area contributed by atoms with Crippen LogP contribution in [-0.4, -0.2) is 37.0 Å². The smallest absolute Gasteiger partial charge is 0.170 e. The monoisotopic (exact) mass is 328 g/mol. The standard InChI is InChI=1S/C17H20N4O3/c1-19-21-6-4-12-9-16(24-13-3-5-20-17(18)10-13)15(11-14(12)21)23-8-7-22-2/h3-6,9-11,19H,7-8H2,1-2H3,(H2,18,20). The molecule has 0 aliphatic carbocycles. The number of nitrogen functional groups attached to an aromatic ring is 1. The molecule has 0 saturated carbocycles. The van der Waals surface area contributed by atoms with Gasteiger partial charge in [0.25, 0.3) is 0 Å². The lowest BCUT2D eigenvalue weighted by Crippen LogP contribution is -2.08. The van der Waals surface area contributed by atoms with Crippen molar-refractivity contribution in [3.05, 3.63) is 42.7 Å². The van der Waals surface area contributed by atoms with Crippen LogP contribution in [0, 0.1) is 0 Å². The molecule has 0 spiro atoms. The number of ether oxygens (including phenoxy) is 3. The Bertz CT molecular complexity index is 832. The summed E-state index contributed by atoms with van der Waals surface area (Å²) >= 11 is 0. The first-order valence-electron chi connectivity index (χ1n) is 7.55. The zero-order chi connectivity index (χ0) is 16.9. The number of fused-ring (bicyclic) bond motifs is 1. The molecule has 0 aliphatic rings. The van der Waals surface area contributed by atoms with Gasteiger partial charge < -0.3 is 25.4 Å². The van der Waals surface area contributed by atoms with Gasteiger partial charge in [0, 0.05) is 44.1 Å². The summed E-state index contributed by atoms with van der Waals surface area (Å²) in [5.41, 5.74) is 9.79. The lowest BCUT2D eigenvalue weighted by molar-refractivity contribution is 0.145. The Balaban J connectivity index is 1.98. The molecule has 7 nitrogen and oxygen atoms in total. The third-order valence-corrected chi connectivity index (χ3v) is 3.52. The second-order valence-electron chi connectivity index (χ2n) is 5.13. The molecule has 0 saturated heterocycles. The molecule has 0 atom stereocenters. The second-order valence-corrected chi connectivity index (χ2v) is 5.13. The van der Waals surface area contributed by atoms with Crippen LogP contribution in [0.15, 0.2) is 42.7 Å². The molecule has 0 fully saturated rings. The van der Waals surface area contributed by atoms with E-state index in [4.69, 9.17) is 19.9 Å². The summed E-state index contributed by atoms with van der Waals surface area (Å²) in [6, 6.07) is 9.28. The lowest BCUT2D eigenvalue weighted by Gasteiger charge is -2.14. The Kier molecular flexibility index (Phi) is 4.72. The number of methoxy groups -OCH3 is 1. The van der Waals surface area contributed by atoms with Gasteiger partial charge in [-0.3, -0.25) is 4.68 Å². The van der Waals surface area contributed by atoms with Crippen molar-refractivity contribution in [2.75, 3.05) is 38.5 Å². The summed E-state index contributed by atoms with van der Waals surface area (Å²) in [5.74, 6) is 2.24. The van der Waals surface area contributed by atoms with Crippen LogP contribution in [0.1, 0.15) is 0 Å². The second kappa shape index (κ2) is 7.10. The highest BCUT2D eigenvalue weighted by Gasteiger charge is 2.12. The van der Waals surface area contributed by atoms with E-state index in [-0.39, 0.29) is 0 Å². The average molecular weight is 328 g/mol. The molecule has 0 unspecified atom stereocenters. The molecule has 126 valence electrons. The van der Waals surface area contributed by atoms with Gasteiger partial charge in [-0.2, -0.15) is 0 Å². The maximum absolute atomic E-state index is 5.96. The zero-order valence-electron chi connectivity index (χ0n) is 13.7. The van der Waals surface area contributed by atoms with Crippen LogP contribution in [-0.2, 0) is 4.74 Å². The van der Waals surface area contributed by atoms with Crippen LogP contribution in [0.3, 0.4) is 0 Å². The van der Waals surface area contributed by atoms with Gasteiger partial charge in [0.05, 0.1) is 12.1 Å². The number of nitrogens with zero attached hydrogens (tertiary/aromatic N) is 2. The highest BCUT2D eigenvalue weighted by Crippen LogP contribution is 2.36. The maximum atomic E-state index is 5.96. The molecule has 0 radical (unpaired) electrons. The first kappa shape index (κ1) is 15.9. The van der Waals surface area contributed by atoms with Crippen LogP contribution in [0.2, 0.25) is 0 Å². The van der Waals surface area contributed by atoms with Gasteiger partial charge >= 0.3 is 0 Å². The summed E-state index contributed by atoms with van der Waals surface area (Å²) in [5, 5.41) is 1.03. The Labute approximate surface area is 139 Å². The van der Waals surface area contributed by atoms with E-state index < -0.39 is 0 Å². The third-order valence-electron chi connectivity index (χ3n) is 3.52. The lowest BCUT2D eigenvalue weighted by atomic mass is 10.2. The summed E-state index contributed by atoms with van der Waals surface area (Å²) < 4.78 is 18.7. The van der Waals surface area contributed by atoms with E-state index in [0.29, 0.717) is 36.3 Å². The van der Waals surface area contributed by atoms with Crippen molar-refractivity contribution in [3.63, 3.8) is 0 Å². The van der Waals surface area contributed by atoms with Crippen molar-refractivity contribution in [3.8, 4) is 17.2 Å². The minimum atomic E-state index is 0.400. The fraction of sp³-hybridized carbons (Fsp3) is 0.235. The van der Waals surface area contributed by atoms with Gasteiger partial charge in [-0.05, 0) is 18.2 Å². The maximum Gasteiger partial charge on any atom is 0.170 e. The molecular weight excluding hydrogens is 308 g/mol. The van der Waals surface area contributed by atoms with Crippen LogP contribution in [0.5, 0.6) is 17.2 Å². The molecule has 3 aromatic rings. The third kappa shape index (κ3) is 3.36. The SMILES string of the molecule is CNn1ccc2cc(Oc3ccnc(N)c3)c(OCCOC)cc21. The van der Waals surface area contributed by atoms with Gasteiger partial charge in [0.1, 0.15) is 18.2 Å². The summed E-state index contributed by atoms with van der Waals surface area (Å²) in [6.45, 7) is 0.920. The summed E-state index contributed by atoms with van der Waals surface area (Å²) in [7, 11) is 3.49. The fourth-order valence-electron chi connectivity index (χ4n) is 2.38. The highest BCUT2D eigenvalue weighted by molar-refractivity contribution is 5.84. The van der Waals surface area contributed by atoms with E-state index in [1.165, 1.54) is 0 Å². The van der Waals surface area contributed by atoms with Crippen molar-refractivity contribution in [2.24, 2.45) is 0 Å². The van der Waals surface area contributed by atoms with Crippen molar-refractivity contribution in [1.29, 1.82) is 0 Å². The van der Waals surface area contributed by atoms with E-state index in [0.717, 1.165) is 10.9 Å².